The van der Waals surface area contributed by atoms with E-state index in [4.69, 9.17) is 14.1 Å². The van der Waals surface area contributed by atoms with Crippen LogP contribution in [0.3, 0.4) is 0 Å². The summed E-state index contributed by atoms with van der Waals surface area (Å²) in [5.41, 5.74) is 0.440. The molecule has 182 valence electrons. The van der Waals surface area contributed by atoms with Crippen molar-refractivity contribution in [3.05, 3.63) is 17.3 Å². The van der Waals surface area contributed by atoms with E-state index in [1.807, 2.05) is 39.5 Å². The molecule has 0 aromatic carbocycles. The van der Waals surface area contributed by atoms with E-state index in [1.54, 1.807) is 0 Å². The van der Waals surface area contributed by atoms with Crippen molar-refractivity contribution in [2.45, 2.75) is 85.4 Å². The van der Waals surface area contributed by atoms with Crippen molar-refractivity contribution in [2.24, 2.45) is 10.9 Å². The van der Waals surface area contributed by atoms with Crippen molar-refractivity contribution >= 4 is 36.0 Å². The van der Waals surface area contributed by atoms with Gasteiger partial charge in [0.25, 0.3) is 0 Å². The molecule has 2 fully saturated rings. The zero-order valence-corrected chi connectivity index (χ0v) is 22.8. The minimum atomic E-state index is -0.471. The number of nitrogens with one attached hydrogen (secondary N) is 1. The summed E-state index contributed by atoms with van der Waals surface area (Å²) >= 11 is 0. The Kier molecular flexibility index (Phi) is 9.66. The number of guanidine groups is 1. The number of carbonyl (C=O) groups is 1. The normalized spacial score (nSPS) is 17.7. The predicted molar refractivity (Wildman–Crippen MR) is 136 cm³/mol. The first kappa shape index (κ1) is 26.7. The van der Waals surface area contributed by atoms with E-state index in [0.717, 1.165) is 56.4 Å². The van der Waals surface area contributed by atoms with Crippen LogP contribution in [-0.2, 0) is 11.3 Å². The minimum absolute atomic E-state index is 0. The van der Waals surface area contributed by atoms with Gasteiger partial charge in [0.15, 0.2) is 5.96 Å². The molecule has 0 atom stereocenters. The molecule has 1 aromatic rings. The Morgan fingerprint density at radius 1 is 1.25 bits per heavy atom. The fourth-order valence-electron chi connectivity index (χ4n) is 3.84. The summed E-state index contributed by atoms with van der Waals surface area (Å²) in [6.45, 7) is 15.5. The Balaban J connectivity index is 0.00000363. The third-order valence-electron chi connectivity index (χ3n) is 5.76. The van der Waals surface area contributed by atoms with E-state index in [0.29, 0.717) is 18.4 Å². The van der Waals surface area contributed by atoms with Crippen LogP contribution in [0.5, 0.6) is 0 Å². The number of rotatable bonds is 6. The van der Waals surface area contributed by atoms with Crippen molar-refractivity contribution in [2.75, 3.05) is 26.2 Å². The first-order valence-corrected chi connectivity index (χ1v) is 11.6. The fraction of sp³-hybridized carbons (Fsp3) is 0.783. The quantitative estimate of drug-likeness (QED) is 0.313. The van der Waals surface area contributed by atoms with Crippen molar-refractivity contribution in [3.8, 4) is 0 Å². The zero-order valence-electron chi connectivity index (χ0n) is 20.4. The van der Waals surface area contributed by atoms with Gasteiger partial charge in [-0.2, -0.15) is 0 Å². The second kappa shape index (κ2) is 11.6. The standard InChI is InChI=1S/C23H39N5O3.HI/c1-7-24-21(25-14-20-26-16(2)17(3)30-20)27-12-10-19(11-13-27)28(15-18-8-9-18)22(29)31-23(4,5)6;/h18-19H,7-15H2,1-6H3,(H,24,25);1H. The van der Waals surface area contributed by atoms with Gasteiger partial charge in [0.1, 0.15) is 17.9 Å². The third kappa shape index (κ3) is 7.81. The van der Waals surface area contributed by atoms with Gasteiger partial charge in [-0.3, -0.25) is 0 Å². The van der Waals surface area contributed by atoms with E-state index in [-0.39, 0.29) is 36.1 Å². The molecule has 9 heteroatoms. The average Bonchev–Trinajstić information content (AvgIpc) is 3.46. The number of likely N-dealkylation sites (tertiary alicyclic amines) is 1. The number of carbonyl (C=O) groups excluding carboxylic acids is 1. The smallest absolute Gasteiger partial charge is 0.410 e. The fourth-order valence-corrected chi connectivity index (χ4v) is 3.84. The van der Waals surface area contributed by atoms with Gasteiger partial charge < -0.3 is 24.3 Å². The van der Waals surface area contributed by atoms with E-state index >= 15 is 0 Å². The number of ether oxygens (including phenoxy) is 1. The topological polar surface area (TPSA) is 83.2 Å². The second-order valence-corrected chi connectivity index (χ2v) is 9.71. The lowest BCUT2D eigenvalue weighted by atomic mass is 10.0. The number of piperidine rings is 1. The number of hydrogen-bond donors (Lipinski definition) is 1. The summed E-state index contributed by atoms with van der Waals surface area (Å²) in [5, 5.41) is 3.39. The maximum Gasteiger partial charge on any atom is 0.410 e. The molecular weight excluding hydrogens is 521 g/mol. The van der Waals surface area contributed by atoms with Gasteiger partial charge in [0.05, 0.1) is 5.69 Å². The molecule has 3 rings (SSSR count). The molecule has 1 aliphatic heterocycles. The number of nitrogens with zero attached hydrogens (tertiary/aromatic N) is 4. The maximum atomic E-state index is 12.9. The Morgan fingerprint density at radius 2 is 1.91 bits per heavy atom. The number of aromatic nitrogens is 1. The minimum Gasteiger partial charge on any atom is -0.444 e. The van der Waals surface area contributed by atoms with Crippen LogP contribution in [0.15, 0.2) is 9.41 Å². The van der Waals surface area contributed by atoms with Gasteiger partial charge in [-0.1, -0.05) is 0 Å². The molecule has 1 saturated carbocycles. The number of oxazole rings is 1. The van der Waals surface area contributed by atoms with Crippen molar-refractivity contribution in [3.63, 3.8) is 0 Å². The van der Waals surface area contributed by atoms with Crippen molar-refractivity contribution < 1.29 is 13.9 Å². The second-order valence-electron chi connectivity index (χ2n) is 9.71. The Bertz CT molecular complexity index is 758. The highest BCUT2D eigenvalue weighted by molar-refractivity contribution is 14.0. The number of halogens is 1. The van der Waals surface area contributed by atoms with Crippen LogP contribution < -0.4 is 5.32 Å². The van der Waals surface area contributed by atoms with Crippen LogP contribution in [0.2, 0.25) is 0 Å². The maximum absolute atomic E-state index is 12.9. The molecule has 2 aliphatic rings. The summed E-state index contributed by atoms with van der Waals surface area (Å²) in [6, 6.07) is 0.214. The summed E-state index contributed by atoms with van der Waals surface area (Å²) in [5.74, 6) is 2.99. The van der Waals surface area contributed by atoms with Gasteiger partial charge in [0.2, 0.25) is 5.89 Å². The van der Waals surface area contributed by atoms with Gasteiger partial charge >= 0.3 is 6.09 Å². The molecule has 0 unspecified atom stereocenters. The highest BCUT2D eigenvalue weighted by Gasteiger charge is 2.35. The molecule has 32 heavy (non-hydrogen) atoms. The molecule has 1 amide bonds. The molecule has 0 spiro atoms. The van der Waals surface area contributed by atoms with Crippen LogP contribution >= 0.6 is 24.0 Å². The number of amides is 1. The molecule has 2 heterocycles. The molecule has 0 radical (unpaired) electrons. The van der Waals surface area contributed by atoms with E-state index in [2.05, 4.69) is 22.1 Å². The van der Waals surface area contributed by atoms with Gasteiger partial charge in [-0.25, -0.2) is 14.8 Å². The monoisotopic (exact) mass is 561 g/mol. The molecule has 1 aromatic heterocycles. The molecule has 1 aliphatic carbocycles. The summed E-state index contributed by atoms with van der Waals surface area (Å²) in [7, 11) is 0. The van der Waals surface area contributed by atoms with Crippen LogP contribution in [0.1, 0.15) is 70.7 Å². The van der Waals surface area contributed by atoms with Crippen LogP contribution in [-0.4, -0.2) is 64.7 Å². The lowest BCUT2D eigenvalue weighted by Gasteiger charge is -2.40. The number of hydrogen-bond acceptors (Lipinski definition) is 5. The Morgan fingerprint density at radius 3 is 2.41 bits per heavy atom. The molecular formula is C23H40IN5O3. The van der Waals surface area contributed by atoms with Gasteiger partial charge in [-0.15, -0.1) is 24.0 Å². The SMILES string of the molecule is CCNC(=NCc1nc(C)c(C)o1)N1CCC(N(CC2CC2)C(=O)OC(C)(C)C)CC1.I. The largest absolute Gasteiger partial charge is 0.444 e. The Hall–Kier alpha value is -1.52. The Labute approximate surface area is 209 Å². The highest BCUT2D eigenvalue weighted by atomic mass is 127. The van der Waals surface area contributed by atoms with Crippen molar-refractivity contribution in [1.29, 1.82) is 0 Å². The van der Waals surface area contributed by atoms with E-state index in [1.165, 1.54) is 12.8 Å². The molecule has 8 nitrogen and oxygen atoms in total. The van der Waals surface area contributed by atoms with Crippen LogP contribution in [0.25, 0.3) is 0 Å². The number of aliphatic imine (C=N–C) groups is 1. The summed E-state index contributed by atoms with van der Waals surface area (Å²) < 4.78 is 11.4. The molecule has 1 saturated heterocycles. The van der Waals surface area contributed by atoms with Crippen LogP contribution in [0.4, 0.5) is 4.79 Å². The summed E-state index contributed by atoms with van der Waals surface area (Å²) in [6.07, 6.45) is 4.08. The van der Waals surface area contributed by atoms with E-state index < -0.39 is 5.60 Å². The lowest BCUT2D eigenvalue weighted by molar-refractivity contribution is 0.00928. The lowest BCUT2D eigenvalue weighted by Crippen LogP contribution is -2.52. The van der Waals surface area contributed by atoms with Gasteiger partial charge in [0, 0.05) is 32.2 Å². The zero-order chi connectivity index (χ0) is 22.6. The highest BCUT2D eigenvalue weighted by Crippen LogP contribution is 2.32. The number of aryl methyl sites for hydroxylation is 2. The summed E-state index contributed by atoms with van der Waals surface area (Å²) in [4.78, 5) is 26.3. The average molecular weight is 562 g/mol. The van der Waals surface area contributed by atoms with Crippen molar-refractivity contribution in [1.82, 2.24) is 20.1 Å². The first-order chi connectivity index (χ1) is 14.7. The van der Waals surface area contributed by atoms with Crippen LogP contribution in [0, 0.1) is 19.8 Å². The first-order valence-electron chi connectivity index (χ1n) is 11.6. The van der Waals surface area contributed by atoms with E-state index in [9.17, 15) is 4.79 Å². The molecule has 1 N–H and O–H groups in total. The predicted octanol–water partition coefficient (Wildman–Crippen LogP) is 4.49. The third-order valence-corrected chi connectivity index (χ3v) is 5.76. The molecule has 0 bridgehead atoms. The van der Waals surface area contributed by atoms with Gasteiger partial charge in [-0.05, 0) is 73.1 Å².